The highest BCUT2D eigenvalue weighted by atomic mass is 16.5. The lowest BCUT2D eigenvalue weighted by molar-refractivity contribution is -0.115. The van der Waals surface area contributed by atoms with E-state index in [4.69, 9.17) is 4.74 Å². The lowest BCUT2D eigenvalue weighted by Gasteiger charge is -2.42. The predicted octanol–water partition coefficient (Wildman–Crippen LogP) is 2.13. The van der Waals surface area contributed by atoms with Crippen molar-refractivity contribution in [2.45, 2.75) is 31.4 Å². The fourth-order valence-corrected chi connectivity index (χ4v) is 3.88. The molecule has 28 heavy (non-hydrogen) atoms. The second-order valence-corrected chi connectivity index (χ2v) is 7.32. The topological polar surface area (TPSA) is 96.4 Å². The number of carbonyl (C=O) groups is 1. The van der Waals surface area contributed by atoms with Crippen LogP contribution in [-0.4, -0.2) is 46.9 Å². The number of likely N-dealkylation sites (N-methyl/N-ethyl adjacent to an activating group) is 1. The number of phenolic OH excluding ortho intramolecular Hbond substituents is 1. The van der Waals surface area contributed by atoms with E-state index in [2.05, 4.69) is 20.8 Å². The predicted molar refractivity (Wildman–Crippen MR) is 106 cm³/mol. The number of benzene rings is 1. The molecule has 2 aliphatic heterocycles. The van der Waals surface area contributed by atoms with Crippen molar-refractivity contribution in [1.82, 2.24) is 20.8 Å². The van der Waals surface area contributed by atoms with E-state index in [0.717, 1.165) is 18.5 Å². The molecule has 3 N–H and O–H groups in total. The van der Waals surface area contributed by atoms with Crippen LogP contribution in [0.2, 0.25) is 0 Å². The van der Waals surface area contributed by atoms with Gasteiger partial charge in [-0.2, -0.15) is 0 Å². The van der Waals surface area contributed by atoms with Crippen LogP contribution in [0.5, 0.6) is 11.6 Å². The summed E-state index contributed by atoms with van der Waals surface area (Å²) in [6.07, 6.45) is 6.68. The summed E-state index contributed by atoms with van der Waals surface area (Å²) in [5, 5.41) is 24.8. The molecule has 1 aliphatic carbocycles. The highest BCUT2D eigenvalue weighted by Crippen LogP contribution is 2.33. The Kier molecular flexibility index (Phi) is 5.25. The SMILES string of the molecule is CNC(=O)/C=C/c1ccc(-c2ccc(O[C@H]3C[C@H]4CC[C@@H]3CN4)nn2)c(O)c1. The number of aromatic nitrogens is 2. The van der Waals surface area contributed by atoms with Gasteiger partial charge in [0.2, 0.25) is 11.8 Å². The van der Waals surface area contributed by atoms with Crippen molar-refractivity contribution in [3.8, 4) is 22.9 Å². The number of aromatic hydroxyl groups is 1. The van der Waals surface area contributed by atoms with Crippen LogP contribution in [0.1, 0.15) is 24.8 Å². The van der Waals surface area contributed by atoms with E-state index in [1.807, 2.05) is 6.07 Å². The van der Waals surface area contributed by atoms with Gasteiger partial charge in [0, 0.05) is 43.3 Å². The molecule has 146 valence electrons. The van der Waals surface area contributed by atoms with Gasteiger partial charge in [0.15, 0.2) is 0 Å². The maximum absolute atomic E-state index is 11.3. The summed E-state index contributed by atoms with van der Waals surface area (Å²) in [7, 11) is 1.56. The molecular formula is C21H24N4O3. The summed E-state index contributed by atoms with van der Waals surface area (Å²) >= 11 is 0. The Labute approximate surface area is 163 Å². The molecule has 1 saturated carbocycles. The number of hydrogen-bond acceptors (Lipinski definition) is 6. The van der Waals surface area contributed by atoms with E-state index in [1.54, 1.807) is 37.4 Å². The van der Waals surface area contributed by atoms with Gasteiger partial charge in [-0.25, -0.2) is 0 Å². The van der Waals surface area contributed by atoms with E-state index in [-0.39, 0.29) is 17.8 Å². The van der Waals surface area contributed by atoms with Crippen LogP contribution in [0.15, 0.2) is 36.4 Å². The third-order valence-corrected chi connectivity index (χ3v) is 5.48. The van der Waals surface area contributed by atoms with Crippen molar-refractivity contribution >= 4 is 12.0 Å². The Balaban J connectivity index is 1.45. The standard InChI is InChI=1S/C21H24N4O3/c1-22-20(27)8-3-13-2-6-16(18(26)10-13)17-7-9-21(25-24-17)28-19-11-15-5-4-14(19)12-23-15/h2-3,6-10,14-15,19,23,26H,4-5,11-12H2,1H3,(H,22,27)/b8-3+/t14-,15-,19+/m1/s1. The van der Waals surface area contributed by atoms with Gasteiger partial charge in [0.1, 0.15) is 11.9 Å². The third-order valence-electron chi connectivity index (χ3n) is 5.48. The second kappa shape index (κ2) is 7.98. The average molecular weight is 380 g/mol. The van der Waals surface area contributed by atoms with Crippen molar-refractivity contribution in [2.24, 2.45) is 5.92 Å². The van der Waals surface area contributed by atoms with Gasteiger partial charge in [-0.3, -0.25) is 4.79 Å². The monoisotopic (exact) mass is 380 g/mol. The van der Waals surface area contributed by atoms with Crippen LogP contribution in [0.3, 0.4) is 0 Å². The number of nitrogens with one attached hydrogen (secondary N) is 2. The highest BCUT2D eigenvalue weighted by Gasteiger charge is 2.36. The van der Waals surface area contributed by atoms with Crippen LogP contribution in [0.4, 0.5) is 0 Å². The van der Waals surface area contributed by atoms with Crippen molar-refractivity contribution in [3.05, 3.63) is 42.0 Å². The normalized spacial score (nSPS) is 23.7. The number of nitrogens with zero attached hydrogens (tertiary/aromatic N) is 2. The van der Waals surface area contributed by atoms with Gasteiger partial charge in [-0.15, -0.1) is 10.2 Å². The Bertz CT molecular complexity index is 874. The molecule has 2 saturated heterocycles. The molecule has 1 aromatic carbocycles. The number of rotatable bonds is 5. The number of phenols is 1. The highest BCUT2D eigenvalue weighted by molar-refractivity contribution is 5.91. The van der Waals surface area contributed by atoms with Gasteiger partial charge < -0.3 is 20.5 Å². The number of ether oxygens (including phenoxy) is 1. The molecule has 7 heteroatoms. The third kappa shape index (κ3) is 3.99. The molecule has 3 heterocycles. The van der Waals surface area contributed by atoms with Crippen LogP contribution >= 0.6 is 0 Å². The number of piperidine rings is 2. The Morgan fingerprint density at radius 2 is 2.18 bits per heavy atom. The first-order valence-electron chi connectivity index (χ1n) is 9.59. The molecule has 7 nitrogen and oxygen atoms in total. The summed E-state index contributed by atoms with van der Waals surface area (Å²) in [5.74, 6) is 0.932. The largest absolute Gasteiger partial charge is 0.507 e. The van der Waals surface area contributed by atoms with E-state index in [1.165, 1.54) is 18.9 Å². The molecule has 2 aromatic rings. The zero-order valence-electron chi connectivity index (χ0n) is 15.8. The van der Waals surface area contributed by atoms with Crippen LogP contribution < -0.4 is 15.4 Å². The first-order chi connectivity index (χ1) is 13.6. The molecule has 3 fully saturated rings. The molecule has 3 aliphatic rings. The maximum atomic E-state index is 11.3. The van der Waals surface area contributed by atoms with E-state index >= 15 is 0 Å². The van der Waals surface area contributed by atoms with Crippen LogP contribution in [0.25, 0.3) is 17.3 Å². The van der Waals surface area contributed by atoms with Gasteiger partial charge in [-0.05, 0) is 49.1 Å². The van der Waals surface area contributed by atoms with E-state index in [9.17, 15) is 9.90 Å². The smallest absolute Gasteiger partial charge is 0.243 e. The minimum absolute atomic E-state index is 0.0812. The maximum Gasteiger partial charge on any atom is 0.243 e. The first-order valence-corrected chi connectivity index (χ1v) is 9.59. The number of hydrogen-bond donors (Lipinski definition) is 3. The number of amides is 1. The number of fused-ring (bicyclic) bond motifs is 3. The molecule has 0 radical (unpaired) electrons. The lowest BCUT2D eigenvalue weighted by atomic mass is 9.79. The Hall–Kier alpha value is -2.93. The van der Waals surface area contributed by atoms with Crippen LogP contribution in [0, 0.1) is 5.92 Å². The van der Waals surface area contributed by atoms with Crippen molar-refractivity contribution < 1.29 is 14.6 Å². The number of carbonyl (C=O) groups excluding carboxylic acids is 1. The average Bonchev–Trinajstić information content (AvgIpc) is 2.74. The summed E-state index contributed by atoms with van der Waals surface area (Å²) in [4.78, 5) is 11.3. The van der Waals surface area contributed by atoms with Crippen molar-refractivity contribution in [3.63, 3.8) is 0 Å². The molecule has 0 spiro atoms. The van der Waals surface area contributed by atoms with E-state index < -0.39 is 0 Å². The molecule has 1 amide bonds. The molecular weight excluding hydrogens is 356 g/mol. The molecule has 3 atom stereocenters. The zero-order chi connectivity index (χ0) is 19.5. The molecule has 1 aromatic heterocycles. The first kappa shape index (κ1) is 18.4. The lowest BCUT2D eigenvalue weighted by Crippen LogP contribution is -2.53. The van der Waals surface area contributed by atoms with Gasteiger partial charge in [0.05, 0.1) is 5.69 Å². The summed E-state index contributed by atoms with van der Waals surface area (Å²) in [5.41, 5.74) is 1.87. The summed E-state index contributed by atoms with van der Waals surface area (Å²) in [6.45, 7) is 1.01. The fourth-order valence-electron chi connectivity index (χ4n) is 3.88. The van der Waals surface area contributed by atoms with Crippen LogP contribution in [-0.2, 0) is 4.79 Å². The molecule has 5 rings (SSSR count). The zero-order valence-corrected chi connectivity index (χ0v) is 15.8. The summed E-state index contributed by atoms with van der Waals surface area (Å²) < 4.78 is 6.07. The Morgan fingerprint density at radius 1 is 1.29 bits per heavy atom. The van der Waals surface area contributed by atoms with Crippen molar-refractivity contribution in [1.29, 1.82) is 0 Å². The second-order valence-electron chi connectivity index (χ2n) is 7.32. The molecule has 0 unspecified atom stereocenters. The minimum Gasteiger partial charge on any atom is -0.507 e. The quantitative estimate of drug-likeness (QED) is 0.688. The molecule has 2 bridgehead atoms. The fraction of sp³-hybridized carbons (Fsp3) is 0.381. The van der Waals surface area contributed by atoms with Gasteiger partial charge >= 0.3 is 0 Å². The van der Waals surface area contributed by atoms with Gasteiger partial charge in [0.25, 0.3) is 0 Å². The Morgan fingerprint density at radius 3 is 2.79 bits per heavy atom. The van der Waals surface area contributed by atoms with Crippen molar-refractivity contribution in [2.75, 3.05) is 13.6 Å². The summed E-state index contributed by atoms with van der Waals surface area (Å²) in [6, 6.07) is 9.32. The van der Waals surface area contributed by atoms with Gasteiger partial charge in [-0.1, -0.05) is 6.07 Å². The minimum atomic E-state index is -0.202. The van der Waals surface area contributed by atoms with E-state index in [0.29, 0.717) is 29.1 Å².